The summed E-state index contributed by atoms with van der Waals surface area (Å²) in [6.45, 7) is 5.27. The molecule has 4 N–H and O–H groups in total. The first-order chi connectivity index (χ1) is 13.1. The third kappa shape index (κ3) is 18.9. The molecule has 7 heteroatoms. The van der Waals surface area contributed by atoms with Gasteiger partial charge in [0.1, 0.15) is 0 Å². The summed E-state index contributed by atoms with van der Waals surface area (Å²) in [5, 5.41) is 16.1. The Morgan fingerprint density at radius 3 is 1.61 bits per heavy atom. The van der Waals surface area contributed by atoms with E-state index in [0.717, 1.165) is 12.8 Å². The molecule has 0 aromatic rings. The van der Waals surface area contributed by atoms with E-state index in [-0.39, 0.29) is 17.5 Å². The molecule has 0 aromatic heterocycles. The van der Waals surface area contributed by atoms with Crippen LogP contribution in [0.2, 0.25) is 0 Å². The summed E-state index contributed by atoms with van der Waals surface area (Å²) in [5.41, 5.74) is 5.07. The first-order valence-electron chi connectivity index (χ1n) is 10.2. The fourth-order valence-corrected chi connectivity index (χ4v) is 2.74. The second kappa shape index (κ2) is 18.5. The van der Waals surface area contributed by atoms with Gasteiger partial charge < -0.3 is 15.9 Å². The molecule has 1 unspecified atom stereocenters. The first kappa shape index (κ1) is 28.3. The van der Waals surface area contributed by atoms with Crippen LogP contribution in [0.15, 0.2) is 12.2 Å². The molecule has 0 aliphatic carbocycles. The number of hydrogen-bond acceptors (Lipinski definition) is 4. The molecule has 0 aliphatic rings. The molecule has 0 heterocycles. The fourth-order valence-electron chi connectivity index (χ4n) is 2.74. The van der Waals surface area contributed by atoms with Crippen molar-refractivity contribution in [2.75, 3.05) is 14.1 Å². The third-order valence-corrected chi connectivity index (χ3v) is 4.45. The molecular weight excluding hydrogens is 360 g/mol. The van der Waals surface area contributed by atoms with Gasteiger partial charge >= 0.3 is 11.9 Å². The second-order valence-electron chi connectivity index (χ2n) is 7.33. The number of carbonyl (C=O) groups excluding carboxylic acids is 1. The van der Waals surface area contributed by atoms with Crippen molar-refractivity contribution in [3.63, 3.8) is 0 Å². The number of likely N-dealkylation sites (N-methyl/N-ethyl adjacent to an activating group) is 1. The Balaban J connectivity index is 0. The third-order valence-electron chi connectivity index (χ3n) is 4.45. The molecule has 0 spiro atoms. The van der Waals surface area contributed by atoms with E-state index in [1.165, 1.54) is 57.8 Å². The molecule has 0 saturated heterocycles. The van der Waals surface area contributed by atoms with Crippen LogP contribution in [-0.2, 0) is 14.4 Å². The average molecular weight is 401 g/mol. The number of hydrogen-bond donors (Lipinski definition) is 3. The van der Waals surface area contributed by atoms with Crippen LogP contribution in [-0.4, -0.2) is 53.1 Å². The van der Waals surface area contributed by atoms with Crippen molar-refractivity contribution in [3.8, 4) is 0 Å². The number of primary amides is 1. The van der Waals surface area contributed by atoms with E-state index >= 15 is 0 Å². The average Bonchev–Trinajstić information content (AvgIpc) is 2.59. The van der Waals surface area contributed by atoms with Gasteiger partial charge in [0.05, 0.1) is 12.5 Å². The van der Waals surface area contributed by atoms with Crippen molar-refractivity contribution in [1.29, 1.82) is 0 Å². The van der Waals surface area contributed by atoms with Crippen LogP contribution >= 0.6 is 0 Å². The van der Waals surface area contributed by atoms with E-state index in [9.17, 15) is 14.4 Å². The van der Waals surface area contributed by atoms with Crippen molar-refractivity contribution in [3.05, 3.63) is 12.2 Å². The number of unbranched alkanes of at least 4 members (excludes halogenated alkanes) is 9. The van der Waals surface area contributed by atoms with Gasteiger partial charge in [-0.1, -0.05) is 77.7 Å². The predicted molar refractivity (Wildman–Crippen MR) is 112 cm³/mol. The molecule has 7 nitrogen and oxygen atoms in total. The molecule has 0 radical (unpaired) electrons. The molecule has 0 bridgehead atoms. The van der Waals surface area contributed by atoms with E-state index in [1.807, 2.05) is 19.0 Å². The maximum atomic E-state index is 11.2. The summed E-state index contributed by atoms with van der Waals surface area (Å²) < 4.78 is 0. The molecule has 0 aliphatic heterocycles. The van der Waals surface area contributed by atoms with Gasteiger partial charge in [0.25, 0.3) is 0 Å². The van der Waals surface area contributed by atoms with Gasteiger partial charge in [-0.3, -0.25) is 14.5 Å². The lowest BCUT2D eigenvalue weighted by Crippen LogP contribution is -2.40. The number of carbonyl (C=O) groups is 3. The predicted octanol–water partition coefficient (Wildman–Crippen LogP) is 3.81. The molecule has 0 aromatic carbocycles. The lowest BCUT2D eigenvalue weighted by Gasteiger charge is -2.20. The number of carboxylic acid groups (broad SMARTS) is 2. The summed E-state index contributed by atoms with van der Waals surface area (Å²) >= 11 is 0. The quantitative estimate of drug-likeness (QED) is 0.267. The number of nitrogens with zero attached hydrogens (tertiary/aromatic N) is 1. The van der Waals surface area contributed by atoms with Gasteiger partial charge in [-0.15, -0.1) is 0 Å². The Kier molecular flexibility index (Phi) is 18.7. The van der Waals surface area contributed by atoms with E-state index in [2.05, 4.69) is 13.5 Å². The Hall–Kier alpha value is -1.89. The molecular formula is C21H40N2O5. The minimum Gasteiger partial charge on any atom is -0.481 e. The zero-order chi connectivity index (χ0) is 21.9. The SMILES string of the molecule is C=C(CC(=O)O)C(=O)O.CCCCCCCCCCCCC(C(N)=O)N(C)C. The Morgan fingerprint density at radius 2 is 1.32 bits per heavy atom. The fraction of sp³-hybridized carbons (Fsp3) is 0.762. The maximum absolute atomic E-state index is 11.2. The van der Waals surface area contributed by atoms with E-state index in [0.29, 0.717) is 0 Å². The Morgan fingerprint density at radius 1 is 0.893 bits per heavy atom. The van der Waals surface area contributed by atoms with Crippen molar-refractivity contribution >= 4 is 17.8 Å². The summed E-state index contributed by atoms with van der Waals surface area (Å²) in [7, 11) is 3.84. The highest BCUT2D eigenvalue weighted by atomic mass is 16.4. The molecule has 0 rings (SSSR count). The van der Waals surface area contributed by atoms with Crippen molar-refractivity contribution < 1.29 is 24.6 Å². The van der Waals surface area contributed by atoms with Crippen LogP contribution in [0.5, 0.6) is 0 Å². The van der Waals surface area contributed by atoms with Crippen LogP contribution in [0.25, 0.3) is 0 Å². The topological polar surface area (TPSA) is 121 Å². The summed E-state index contributed by atoms with van der Waals surface area (Å²) in [4.78, 5) is 32.8. The molecule has 1 amide bonds. The number of nitrogens with two attached hydrogens (primary N) is 1. The highest BCUT2D eigenvalue weighted by Gasteiger charge is 2.16. The van der Waals surface area contributed by atoms with Gasteiger partial charge in [-0.25, -0.2) is 4.79 Å². The monoisotopic (exact) mass is 400 g/mol. The smallest absolute Gasteiger partial charge is 0.331 e. The number of rotatable bonds is 16. The van der Waals surface area contributed by atoms with Crippen LogP contribution in [0.1, 0.15) is 84.0 Å². The van der Waals surface area contributed by atoms with Crippen LogP contribution < -0.4 is 5.73 Å². The summed E-state index contributed by atoms with van der Waals surface area (Å²) in [6.07, 6.45) is 13.7. The van der Waals surface area contributed by atoms with Gasteiger partial charge in [-0.2, -0.15) is 0 Å². The van der Waals surface area contributed by atoms with Gasteiger partial charge in [0.2, 0.25) is 5.91 Å². The second-order valence-corrected chi connectivity index (χ2v) is 7.33. The normalized spacial score (nSPS) is 11.4. The lowest BCUT2D eigenvalue weighted by molar-refractivity contribution is -0.139. The lowest BCUT2D eigenvalue weighted by atomic mass is 10.0. The number of carboxylic acids is 2. The van der Waals surface area contributed by atoms with E-state index < -0.39 is 18.4 Å². The van der Waals surface area contributed by atoms with Crippen molar-refractivity contribution in [2.24, 2.45) is 5.73 Å². The summed E-state index contributed by atoms with van der Waals surface area (Å²) in [6, 6.07) is -0.0888. The zero-order valence-corrected chi connectivity index (χ0v) is 17.9. The molecule has 1 atom stereocenters. The van der Waals surface area contributed by atoms with Gasteiger partial charge in [0.15, 0.2) is 0 Å². The molecule has 28 heavy (non-hydrogen) atoms. The number of aliphatic carboxylic acids is 2. The minimum atomic E-state index is -1.27. The van der Waals surface area contributed by atoms with Crippen LogP contribution in [0, 0.1) is 0 Å². The Labute approximate surface area is 170 Å². The van der Waals surface area contributed by atoms with Crippen LogP contribution in [0.3, 0.4) is 0 Å². The van der Waals surface area contributed by atoms with Gasteiger partial charge in [-0.05, 0) is 20.5 Å². The van der Waals surface area contributed by atoms with E-state index in [4.69, 9.17) is 15.9 Å². The zero-order valence-electron chi connectivity index (χ0n) is 17.9. The standard InChI is InChI=1S/C16H34N2O.C5H6O4/c1-4-5-6-7-8-9-10-11-12-13-14-15(16(17)19)18(2)3;1-3(5(8)9)2-4(6)7/h15H,4-14H2,1-3H3,(H2,17,19);1-2H2,(H,6,7)(H,8,9). The van der Waals surface area contributed by atoms with Crippen molar-refractivity contribution in [1.82, 2.24) is 4.90 Å². The van der Waals surface area contributed by atoms with Crippen molar-refractivity contribution in [2.45, 2.75) is 90.0 Å². The highest BCUT2D eigenvalue weighted by molar-refractivity contribution is 5.91. The van der Waals surface area contributed by atoms with Gasteiger partial charge in [0, 0.05) is 5.57 Å². The molecule has 0 saturated carbocycles. The largest absolute Gasteiger partial charge is 0.481 e. The Bertz CT molecular complexity index is 464. The van der Waals surface area contributed by atoms with E-state index in [1.54, 1.807) is 0 Å². The number of amides is 1. The maximum Gasteiger partial charge on any atom is 0.331 e. The first-order valence-corrected chi connectivity index (χ1v) is 10.2. The highest BCUT2D eigenvalue weighted by Crippen LogP contribution is 2.13. The summed E-state index contributed by atoms with van der Waals surface area (Å²) in [5.74, 6) is -2.64. The minimum absolute atomic E-state index is 0.0888. The van der Waals surface area contributed by atoms with Crippen LogP contribution in [0.4, 0.5) is 0 Å². The molecule has 164 valence electrons. The molecule has 0 fully saturated rings.